The Labute approximate surface area is 116 Å². The number of likely N-dealkylation sites (N-methyl/N-ethyl adjacent to an activating group) is 1. The van der Waals surface area contributed by atoms with E-state index in [0.717, 1.165) is 23.1 Å². The topological polar surface area (TPSA) is 49.6 Å². The molecular formula is C13H18BrN3O. The Morgan fingerprint density at radius 2 is 2.28 bits per heavy atom. The molecule has 4 nitrogen and oxygen atoms in total. The Morgan fingerprint density at radius 1 is 1.50 bits per heavy atom. The van der Waals surface area contributed by atoms with E-state index in [1.54, 1.807) is 0 Å². The van der Waals surface area contributed by atoms with Gasteiger partial charge in [0.1, 0.15) is 0 Å². The summed E-state index contributed by atoms with van der Waals surface area (Å²) in [6, 6.07) is 7.77. The van der Waals surface area contributed by atoms with Gasteiger partial charge in [-0.3, -0.25) is 9.69 Å². The lowest BCUT2D eigenvalue weighted by molar-refractivity contribution is 0.0559. The molecule has 2 N–H and O–H groups in total. The molecule has 1 aromatic carbocycles. The molecule has 1 aliphatic heterocycles. The van der Waals surface area contributed by atoms with Crippen LogP contribution in [-0.2, 0) is 0 Å². The van der Waals surface area contributed by atoms with Crippen molar-refractivity contribution in [1.82, 2.24) is 9.80 Å². The van der Waals surface area contributed by atoms with Gasteiger partial charge in [-0.2, -0.15) is 0 Å². The average molecular weight is 312 g/mol. The summed E-state index contributed by atoms with van der Waals surface area (Å²) >= 11 is 3.39. The predicted molar refractivity (Wildman–Crippen MR) is 75.5 cm³/mol. The van der Waals surface area contributed by atoms with E-state index >= 15 is 0 Å². The lowest BCUT2D eigenvalue weighted by atomic mass is 10.1. The van der Waals surface area contributed by atoms with Gasteiger partial charge in [0.2, 0.25) is 0 Å². The molecule has 1 unspecified atom stereocenters. The van der Waals surface area contributed by atoms with Gasteiger partial charge in [-0.05, 0) is 25.2 Å². The molecule has 0 aromatic heterocycles. The van der Waals surface area contributed by atoms with E-state index in [1.807, 2.05) is 29.2 Å². The smallest absolute Gasteiger partial charge is 0.253 e. The first-order valence-corrected chi connectivity index (χ1v) is 6.86. The van der Waals surface area contributed by atoms with Crippen molar-refractivity contribution in [3.05, 3.63) is 34.3 Å². The van der Waals surface area contributed by atoms with E-state index in [0.29, 0.717) is 13.1 Å². The fraction of sp³-hybridized carbons (Fsp3) is 0.462. The Hall–Kier alpha value is -0.910. The molecule has 0 aliphatic carbocycles. The van der Waals surface area contributed by atoms with Gasteiger partial charge in [0.25, 0.3) is 5.91 Å². The van der Waals surface area contributed by atoms with Gasteiger partial charge >= 0.3 is 0 Å². The van der Waals surface area contributed by atoms with Crippen molar-refractivity contribution >= 4 is 21.8 Å². The summed E-state index contributed by atoms with van der Waals surface area (Å²) in [6.45, 7) is 2.93. The number of piperazine rings is 1. The van der Waals surface area contributed by atoms with Crippen molar-refractivity contribution in [3.63, 3.8) is 0 Å². The van der Waals surface area contributed by atoms with Crippen LogP contribution in [0.1, 0.15) is 10.4 Å². The maximum Gasteiger partial charge on any atom is 0.253 e. The number of hydrogen-bond acceptors (Lipinski definition) is 3. The number of amides is 1. The molecule has 1 saturated heterocycles. The summed E-state index contributed by atoms with van der Waals surface area (Å²) in [5, 5.41) is 0. The highest BCUT2D eigenvalue weighted by atomic mass is 79.9. The molecule has 0 radical (unpaired) electrons. The summed E-state index contributed by atoms with van der Waals surface area (Å²) in [7, 11) is 2.05. The van der Waals surface area contributed by atoms with Crippen LogP contribution in [0.15, 0.2) is 28.7 Å². The van der Waals surface area contributed by atoms with Crippen LogP contribution < -0.4 is 5.73 Å². The summed E-state index contributed by atoms with van der Waals surface area (Å²) < 4.78 is 0.929. The maximum atomic E-state index is 12.4. The van der Waals surface area contributed by atoms with Gasteiger partial charge in [-0.15, -0.1) is 0 Å². The van der Waals surface area contributed by atoms with E-state index in [4.69, 9.17) is 5.73 Å². The largest absolute Gasteiger partial charge is 0.336 e. The quantitative estimate of drug-likeness (QED) is 0.892. The predicted octanol–water partition coefficient (Wildman–Crippen LogP) is 1.16. The number of benzene rings is 1. The molecule has 1 aliphatic rings. The van der Waals surface area contributed by atoms with Gasteiger partial charge in [0, 0.05) is 42.3 Å². The number of carbonyl (C=O) groups is 1. The second kappa shape index (κ2) is 5.82. The second-order valence-electron chi connectivity index (χ2n) is 4.63. The Bertz CT molecular complexity index is 438. The molecule has 1 aromatic rings. The summed E-state index contributed by atoms with van der Waals surface area (Å²) in [6.07, 6.45) is 0. The molecule has 5 heteroatoms. The van der Waals surface area contributed by atoms with Crippen LogP contribution in [0, 0.1) is 0 Å². The number of rotatable bonds is 2. The Balaban J connectivity index is 2.10. The van der Waals surface area contributed by atoms with Crippen molar-refractivity contribution in [3.8, 4) is 0 Å². The van der Waals surface area contributed by atoms with Gasteiger partial charge in [0.15, 0.2) is 0 Å². The molecule has 1 amide bonds. The normalized spacial score (nSPS) is 21.1. The number of nitrogens with two attached hydrogens (primary N) is 1. The third-order valence-electron chi connectivity index (χ3n) is 3.41. The molecule has 0 saturated carbocycles. The zero-order chi connectivity index (χ0) is 13.1. The maximum absolute atomic E-state index is 12.4. The molecule has 18 heavy (non-hydrogen) atoms. The number of nitrogens with zero attached hydrogens (tertiary/aromatic N) is 2. The summed E-state index contributed by atoms with van der Waals surface area (Å²) in [5.74, 6) is 0.0860. The fourth-order valence-corrected chi connectivity index (χ4v) is 2.59. The third-order valence-corrected chi connectivity index (χ3v) is 3.90. The monoisotopic (exact) mass is 311 g/mol. The third kappa shape index (κ3) is 2.91. The van der Waals surface area contributed by atoms with Crippen LogP contribution in [0.4, 0.5) is 0 Å². The standard InChI is InChI=1S/C13H18BrN3O/c1-16-5-6-17(9-12(16)8-15)13(18)10-3-2-4-11(14)7-10/h2-4,7,12H,5-6,8-9,15H2,1H3. The van der Waals surface area contributed by atoms with Crippen molar-refractivity contribution in [2.24, 2.45) is 5.73 Å². The van der Waals surface area contributed by atoms with E-state index < -0.39 is 0 Å². The minimum absolute atomic E-state index is 0.0860. The molecule has 1 atom stereocenters. The summed E-state index contributed by atoms with van der Waals surface area (Å²) in [4.78, 5) is 16.5. The molecule has 98 valence electrons. The minimum atomic E-state index is 0.0860. The van der Waals surface area contributed by atoms with Crippen LogP contribution in [-0.4, -0.2) is 55.0 Å². The first-order chi connectivity index (χ1) is 8.61. The Kier molecular flexibility index (Phi) is 4.37. The van der Waals surface area contributed by atoms with E-state index in [9.17, 15) is 4.79 Å². The van der Waals surface area contributed by atoms with Crippen LogP contribution in [0.5, 0.6) is 0 Å². The average Bonchev–Trinajstić information content (AvgIpc) is 2.38. The molecule has 0 spiro atoms. The van der Waals surface area contributed by atoms with Gasteiger partial charge in [0.05, 0.1) is 0 Å². The molecule has 1 heterocycles. The molecule has 0 bridgehead atoms. The van der Waals surface area contributed by atoms with Crippen LogP contribution in [0.3, 0.4) is 0 Å². The second-order valence-corrected chi connectivity index (χ2v) is 5.55. The zero-order valence-electron chi connectivity index (χ0n) is 10.5. The van der Waals surface area contributed by atoms with Crippen molar-refractivity contribution in [2.45, 2.75) is 6.04 Å². The van der Waals surface area contributed by atoms with Crippen molar-refractivity contribution < 1.29 is 4.79 Å². The van der Waals surface area contributed by atoms with Crippen LogP contribution >= 0.6 is 15.9 Å². The fourth-order valence-electron chi connectivity index (χ4n) is 2.19. The SMILES string of the molecule is CN1CCN(C(=O)c2cccc(Br)c2)CC1CN. The van der Waals surface area contributed by atoms with E-state index in [1.165, 1.54) is 0 Å². The Morgan fingerprint density at radius 3 is 2.94 bits per heavy atom. The van der Waals surface area contributed by atoms with E-state index in [2.05, 4.69) is 27.9 Å². The molecular weight excluding hydrogens is 294 g/mol. The first-order valence-electron chi connectivity index (χ1n) is 6.07. The highest BCUT2D eigenvalue weighted by molar-refractivity contribution is 9.10. The van der Waals surface area contributed by atoms with Crippen LogP contribution in [0.2, 0.25) is 0 Å². The molecule has 2 rings (SSSR count). The lowest BCUT2D eigenvalue weighted by Crippen LogP contribution is -2.55. The number of carbonyl (C=O) groups excluding carboxylic acids is 1. The van der Waals surface area contributed by atoms with Crippen molar-refractivity contribution in [1.29, 1.82) is 0 Å². The first kappa shape index (κ1) is 13.5. The lowest BCUT2D eigenvalue weighted by Gasteiger charge is -2.39. The highest BCUT2D eigenvalue weighted by Crippen LogP contribution is 2.15. The van der Waals surface area contributed by atoms with E-state index in [-0.39, 0.29) is 11.9 Å². The van der Waals surface area contributed by atoms with Crippen molar-refractivity contribution in [2.75, 3.05) is 33.2 Å². The summed E-state index contributed by atoms with van der Waals surface area (Å²) in [5.41, 5.74) is 6.46. The zero-order valence-corrected chi connectivity index (χ0v) is 12.1. The number of halogens is 1. The minimum Gasteiger partial charge on any atom is -0.336 e. The van der Waals surface area contributed by atoms with Crippen LogP contribution in [0.25, 0.3) is 0 Å². The molecule has 1 fully saturated rings. The van der Waals surface area contributed by atoms with Gasteiger partial charge in [-0.25, -0.2) is 0 Å². The number of hydrogen-bond donors (Lipinski definition) is 1. The highest BCUT2D eigenvalue weighted by Gasteiger charge is 2.26. The van der Waals surface area contributed by atoms with Gasteiger partial charge < -0.3 is 10.6 Å². The van der Waals surface area contributed by atoms with Gasteiger partial charge in [-0.1, -0.05) is 22.0 Å².